The van der Waals surface area contributed by atoms with E-state index < -0.39 is 0 Å². The standard InChI is InChI=1S/C30H32N4O3/c1-5-22-11-13-24(14-12-22)30(36)33(21(2)3)20-29(35)31-28-19-27(23-9-7-6-8-10-23)32-34(28)25-15-17-26(37-4)18-16-25/h6-19,21H,5,20H2,1-4H3,(H,31,35). The Bertz CT molecular complexity index is 1340. The van der Waals surface area contributed by atoms with Gasteiger partial charge in [-0.2, -0.15) is 5.10 Å². The quantitative estimate of drug-likeness (QED) is 0.327. The number of nitrogens with zero attached hydrogens (tertiary/aromatic N) is 3. The summed E-state index contributed by atoms with van der Waals surface area (Å²) in [5.41, 5.74) is 4.14. The summed E-state index contributed by atoms with van der Waals surface area (Å²) in [7, 11) is 1.61. The Labute approximate surface area is 217 Å². The number of benzene rings is 3. The fraction of sp³-hybridized carbons (Fsp3) is 0.233. The molecule has 0 saturated heterocycles. The summed E-state index contributed by atoms with van der Waals surface area (Å²) >= 11 is 0. The number of carbonyl (C=O) groups excluding carboxylic acids is 2. The van der Waals surface area contributed by atoms with Crippen molar-refractivity contribution in [1.29, 1.82) is 0 Å². The van der Waals surface area contributed by atoms with Gasteiger partial charge in [0.2, 0.25) is 5.91 Å². The number of hydrogen-bond acceptors (Lipinski definition) is 4. The molecule has 0 bridgehead atoms. The molecule has 3 aromatic carbocycles. The molecule has 7 nitrogen and oxygen atoms in total. The van der Waals surface area contributed by atoms with E-state index >= 15 is 0 Å². The molecule has 4 rings (SSSR count). The molecule has 0 unspecified atom stereocenters. The van der Waals surface area contributed by atoms with Gasteiger partial charge in [-0.25, -0.2) is 4.68 Å². The second-order valence-electron chi connectivity index (χ2n) is 9.02. The minimum Gasteiger partial charge on any atom is -0.497 e. The molecule has 0 aliphatic rings. The highest BCUT2D eigenvalue weighted by Gasteiger charge is 2.23. The first-order chi connectivity index (χ1) is 17.9. The molecule has 37 heavy (non-hydrogen) atoms. The Morgan fingerprint density at radius 3 is 2.24 bits per heavy atom. The van der Waals surface area contributed by atoms with Gasteiger partial charge in [-0.05, 0) is 62.2 Å². The van der Waals surface area contributed by atoms with Crippen LogP contribution in [0.1, 0.15) is 36.7 Å². The lowest BCUT2D eigenvalue weighted by Crippen LogP contribution is -2.42. The SMILES string of the molecule is CCc1ccc(C(=O)N(CC(=O)Nc2cc(-c3ccccc3)nn2-c2ccc(OC)cc2)C(C)C)cc1. The third-order valence-electron chi connectivity index (χ3n) is 6.17. The normalized spacial score (nSPS) is 10.8. The van der Waals surface area contributed by atoms with Crippen molar-refractivity contribution < 1.29 is 14.3 Å². The molecule has 2 amide bonds. The van der Waals surface area contributed by atoms with Gasteiger partial charge in [-0.3, -0.25) is 9.59 Å². The van der Waals surface area contributed by atoms with Crippen LogP contribution in [0.15, 0.2) is 84.9 Å². The summed E-state index contributed by atoms with van der Waals surface area (Å²) in [5, 5.41) is 7.73. The third kappa shape index (κ3) is 6.06. The number of methoxy groups -OCH3 is 1. The predicted molar refractivity (Wildman–Crippen MR) is 146 cm³/mol. The van der Waals surface area contributed by atoms with Crippen molar-refractivity contribution in [3.8, 4) is 22.7 Å². The second kappa shape index (κ2) is 11.6. The number of hydrogen-bond donors (Lipinski definition) is 1. The van der Waals surface area contributed by atoms with E-state index in [-0.39, 0.29) is 24.4 Å². The molecule has 190 valence electrons. The Balaban J connectivity index is 1.59. The van der Waals surface area contributed by atoms with Crippen molar-refractivity contribution in [2.75, 3.05) is 19.0 Å². The van der Waals surface area contributed by atoms with Gasteiger partial charge in [0.05, 0.1) is 18.5 Å². The summed E-state index contributed by atoms with van der Waals surface area (Å²) in [4.78, 5) is 28.0. The largest absolute Gasteiger partial charge is 0.497 e. The van der Waals surface area contributed by atoms with Gasteiger partial charge in [-0.1, -0.05) is 49.4 Å². The molecule has 1 heterocycles. The smallest absolute Gasteiger partial charge is 0.254 e. The number of nitrogens with one attached hydrogen (secondary N) is 1. The lowest BCUT2D eigenvalue weighted by molar-refractivity contribution is -0.117. The first kappa shape index (κ1) is 25.7. The van der Waals surface area contributed by atoms with E-state index in [0.717, 1.165) is 34.7 Å². The van der Waals surface area contributed by atoms with E-state index in [9.17, 15) is 9.59 Å². The van der Waals surface area contributed by atoms with Crippen molar-refractivity contribution in [2.45, 2.75) is 33.2 Å². The van der Waals surface area contributed by atoms with Crippen LogP contribution in [0, 0.1) is 0 Å². The van der Waals surface area contributed by atoms with Crippen LogP contribution in [-0.2, 0) is 11.2 Å². The van der Waals surface area contributed by atoms with Crippen LogP contribution in [0.5, 0.6) is 5.75 Å². The lowest BCUT2D eigenvalue weighted by atomic mass is 10.1. The van der Waals surface area contributed by atoms with Gasteiger partial charge in [0.25, 0.3) is 5.91 Å². The van der Waals surface area contributed by atoms with Crippen LogP contribution in [0.3, 0.4) is 0 Å². The molecule has 0 spiro atoms. The van der Waals surface area contributed by atoms with E-state index in [1.54, 1.807) is 16.7 Å². The minimum atomic E-state index is -0.304. The number of ether oxygens (including phenoxy) is 1. The Morgan fingerprint density at radius 2 is 1.65 bits per heavy atom. The molecular weight excluding hydrogens is 464 g/mol. The Hall–Kier alpha value is -4.39. The van der Waals surface area contributed by atoms with Crippen LogP contribution in [0.4, 0.5) is 5.82 Å². The van der Waals surface area contributed by atoms with Gasteiger partial charge >= 0.3 is 0 Å². The van der Waals surface area contributed by atoms with Gasteiger partial charge in [0.15, 0.2) is 0 Å². The fourth-order valence-electron chi connectivity index (χ4n) is 4.02. The fourth-order valence-corrected chi connectivity index (χ4v) is 4.02. The monoisotopic (exact) mass is 496 g/mol. The number of rotatable bonds is 9. The molecule has 0 fully saturated rings. The molecule has 1 aromatic heterocycles. The maximum absolute atomic E-state index is 13.2. The maximum atomic E-state index is 13.2. The molecule has 0 aliphatic heterocycles. The summed E-state index contributed by atoms with van der Waals surface area (Å²) in [6.07, 6.45) is 0.900. The van der Waals surface area contributed by atoms with Crippen LogP contribution in [-0.4, -0.2) is 46.2 Å². The number of amides is 2. The molecule has 0 atom stereocenters. The molecule has 4 aromatic rings. The topological polar surface area (TPSA) is 76.5 Å². The van der Waals surface area contributed by atoms with Crippen molar-refractivity contribution in [3.63, 3.8) is 0 Å². The van der Waals surface area contributed by atoms with Crippen LogP contribution in [0.2, 0.25) is 0 Å². The van der Waals surface area contributed by atoms with Crippen molar-refractivity contribution in [3.05, 3.63) is 96.1 Å². The minimum absolute atomic E-state index is 0.0828. The summed E-state index contributed by atoms with van der Waals surface area (Å²) in [5.74, 6) is 0.753. The number of aryl methyl sites for hydroxylation is 1. The maximum Gasteiger partial charge on any atom is 0.254 e. The Morgan fingerprint density at radius 1 is 0.973 bits per heavy atom. The molecule has 0 aliphatic carbocycles. The number of aromatic nitrogens is 2. The zero-order chi connectivity index (χ0) is 26.4. The second-order valence-corrected chi connectivity index (χ2v) is 9.02. The number of anilines is 1. The van der Waals surface area contributed by atoms with E-state index in [1.807, 2.05) is 98.8 Å². The van der Waals surface area contributed by atoms with Crippen molar-refractivity contribution in [2.24, 2.45) is 0 Å². The van der Waals surface area contributed by atoms with Crippen LogP contribution < -0.4 is 10.1 Å². The molecule has 1 N–H and O–H groups in total. The first-order valence-corrected chi connectivity index (χ1v) is 12.4. The van der Waals surface area contributed by atoms with Crippen LogP contribution >= 0.6 is 0 Å². The average Bonchev–Trinajstić information content (AvgIpc) is 3.35. The third-order valence-corrected chi connectivity index (χ3v) is 6.17. The number of carbonyl (C=O) groups is 2. The van der Waals surface area contributed by atoms with Gasteiger partial charge in [-0.15, -0.1) is 0 Å². The van der Waals surface area contributed by atoms with Gasteiger partial charge in [0, 0.05) is 23.2 Å². The van der Waals surface area contributed by atoms with Crippen LogP contribution in [0.25, 0.3) is 16.9 Å². The van der Waals surface area contributed by atoms with E-state index in [4.69, 9.17) is 9.84 Å². The van der Waals surface area contributed by atoms with E-state index in [0.29, 0.717) is 11.4 Å². The highest BCUT2D eigenvalue weighted by molar-refractivity contribution is 5.99. The predicted octanol–water partition coefficient (Wildman–Crippen LogP) is 5.60. The molecular formula is C30H32N4O3. The lowest BCUT2D eigenvalue weighted by Gasteiger charge is -2.26. The zero-order valence-corrected chi connectivity index (χ0v) is 21.6. The van der Waals surface area contributed by atoms with Crippen molar-refractivity contribution >= 4 is 17.6 Å². The zero-order valence-electron chi connectivity index (χ0n) is 21.6. The summed E-state index contributed by atoms with van der Waals surface area (Å²) in [6.45, 7) is 5.79. The molecule has 0 radical (unpaired) electrons. The summed E-state index contributed by atoms with van der Waals surface area (Å²) in [6, 6.07) is 26.4. The van der Waals surface area contributed by atoms with E-state index in [2.05, 4.69) is 12.2 Å². The average molecular weight is 497 g/mol. The Kier molecular flexibility index (Phi) is 8.03. The van der Waals surface area contributed by atoms with Crippen molar-refractivity contribution in [1.82, 2.24) is 14.7 Å². The highest BCUT2D eigenvalue weighted by Crippen LogP contribution is 2.26. The van der Waals surface area contributed by atoms with Gasteiger partial charge in [0.1, 0.15) is 18.1 Å². The van der Waals surface area contributed by atoms with E-state index in [1.165, 1.54) is 0 Å². The van der Waals surface area contributed by atoms with Gasteiger partial charge < -0.3 is 15.0 Å². The molecule has 0 saturated carbocycles. The highest BCUT2D eigenvalue weighted by atomic mass is 16.5. The summed E-state index contributed by atoms with van der Waals surface area (Å²) < 4.78 is 6.96. The first-order valence-electron chi connectivity index (χ1n) is 12.4. The molecule has 7 heteroatoms.